The van der Waals surface area contributed by atoms with Crippen molar-refractivity contribution in [2.75, 3.05) is 0 Å². The molecule has 0 aliphatic carbocycles. The molecule has 0 fully saturated rings. The van der Waals surface area contributed by atoms with E-state index >= 15 is 2.86 Å². The summed E-state index contributed by atoms with van der Waals surface area (Å²) in [6.07, 6.45) is 1.24. The molecule has 8 heteroatoms. The number of hydrogen-bond acceptors (Lipinski definition) is 3. The molecule has 0 atom stereocenters. The average molecular weight is 486 g/mol. The van der Waals surface area contributed by atoms with Gasteiger partial charge >= 0.3 is 150 Å². The van der Waals surface area contributed by atoms with Gasteiger partial charge < -0.3 is 0 Å². The van der Waals surface area contributed by atoms with Crippen LogP contribution < -0.4 is 19.0 Å². The number of rotatable bonds is 6. The van der Waals surface area contributed by atoms with Crippen molar-refractivity contribution in [1.29, 1.82) is 0 Å². The second-order valence-electron chi connectivity index (χ2n) is 5.36. The van der Waals surface area contributed by atoms with Crippen LogP contribution in [-0.4, -0.2) is 16.2 Å². The standard InChI is InChI=1S/C17H19F3IO3S/c1-3-13-5-9-15(10-6-13)21(20,17(18,19)25(22,23)24)16-11-7-14(4-2)8-12-16/h5-12H,3-4H2,1-2H3,(H,22,23,24)/q-1/p-1. The Labute approximate surface area is 150 Å². The van der Waals surface area contributed by atoms with Crippen LogP contribution in [0.15, 0.2) is 48.5 Å². The van der Waals surface area contributed by atoms with Crippen LogP contribution in [0.2, 0.25) is 0 Å². The molecule has 0 bridgehead atoms. The SMILES string of the molecule is CCc1ccc([I-](F)(c2ccc(CC)cc2)C(F)(F)S(=O)(=O)[O-])cc1. The number of aryl methyl sites for hydroxylation is 2. The zero-order valence-corrected chi connectivity index (χ0v) is 16.7. The summed E-state index contributed by atoms with van der Waals surface area (Å²) in [5, 5.41) is 0. The predicted molar refractivity (Wildman–Crippen MR) is 84.8 cm³/mol. The zero-order valence-electron chi connectivity index (χ0n) is 13.7. The molecule has 0 aliphatic rings. The van der Waals surface area contributed by atoms with E-state index in [1.54, 1.807) is 0 Å². The van der Waals surface area contributed by atoms with Crippen molar-refractivity contribution in [2.24, 2.45) is 0 Å². The van der Waals surface area contributed by atoms with Gasteiger partial charge in [0.15, 0.2) is 0 Å². The summed E-state index contributed by atoms with van der Waals surface area (Å²) in [6.45, 7) is 3.69. The van der Waals surface area contributed by atoms with E-state index in [4.69, 9.17) is 0 Å². The first-order chi connectivity index (χ1) is 11.6. The molecule has 0 N–H and O–H groups in total. The van der Waals surface area contributed by atoms with Gasteiger partial charge in [-0.25, -0.2) is 0 Å². The van der Waals surface area contributed by atoms with E-state index in [1.165, 1.54) is 48.5 Å². The van der Waals surface area contributed by atoms with Gasteiger partial charge in [-0.05, 0) is 0 Å². The first kappa shape index (κ1) is 20.2. The number of halogens is 4. The van der Waals surface area contributed by atoms with Gasteiger partial charge in [0.1, 0.15) is 0 Å². The summed E-state index contributed by atoms with van der Waals surface area (Å²) in [4.78, 5) is 0. The van der Waals surface area contributed by atoms with Crippen LogP contribution in [0.25, 0.3) is 0 Å². The molecule has 0 aliphatic heterocycles. The molecular formula is C17H18F3IO3S-2. The Bertz CT molecular complexity index is 787. The van der Waals surface area contributed by atoms with Gasteiger partial charge in [0.2, 0.25) is 0 Å². The molecule has 0 unspecified atom stereocenters. The number of benzene rings is 2. The van der Waals surface area contributed by atoms with Crippen molar-refractivity contribution < 1.29 is 43.6 Å². The fraction of sp³-hybridized carbons (Fsp3) is 0.294. The second-order valence-corrected chi connectivity index (χ2v) is 14.2. The molecule has 0 aromatic heterocycles. The first-order valence-electron chi connectivity index (χ1n) is 7.56. The minimum atomic E-state index is -6.23. The molecule has 0 saturated heterocycles. The zero-order chi connectivity index (χ0) is 18.9. The molecule has 3 nitrogen and oxygen atoms in total. The Kier molecular flexibility index (Phi) is 5.85. The fourth-order valence-electron chi connectivity index (χ4n) is 2.30. The van der Waals surface area contributed by atoms with Gasteiger partial charge in [-0.15, -0.1) is 0 Å². The quantitative estimate of drug-likeness (QED) is 0.348. The van der Waals surface area contributed by atoms with E-state index in [0.29, 0.717) is 12.8 Å². The number of hydrogen-bond donors (Lipinski definition) is 0. The van der Waals surface area contributed by atoms with E-state index in [2.05, 4.69) is 0 Å². The van der Waals surface area contributed by atoms with Gasteiger partial charge in [0.05, 0.1) is 0 Å². The van der Waals surface area contributed by atoms with Crippen molar-refractivity contribution in [3.63, 3.8) is 0 Å². The minimum absolute atomic E-state index is 0.405. The topological polar surface area (TPSA) is 57.2 Å². The maximum absolute atomic E-state index is 15.9. The van der Waals surface area contributed by atoms with Gasteiger partial charge in [0.25, 0.3) is 0 Å². The third kappa shape index (κ3) is 3.56. The van der Waals surface area contributed by atoms with Crippen LogP contribution in [0.5, 0.6) is 0 Å². The Balaban J connectivity index is 2.73. The van der Waals surface area contributed by atoms with Gasteiger partial charge in [-0.1, -0.05) is 0 Å². The predicted octanol–water partition coefficient (Wildman–Crippen LogP) is 0.991. The molecule has 2 aromatic rings. The molecule has 0 amide bonds. The third-order valence-corrected chi connectivity index (χ3v) is 14.0. The van der Waals surface area contributed by atoms with Crippen molar-refractivity contribution in [3.8, 4) is 0 Å². The molecule has 2 aromatic carbocycles. The Morgan fingerprint density at radius 3 is 1.44 bits per heavy atom. The molecule has 0 spiro atoms. The van der Waals surface area contributed by atoms with E-state index in [0.717, 1.165) is 11.1 Å². The van der Waals surface area contributed by atoms with Crippen molar-refractivity contribution >= 4 is 10.1 Å². The molecule has 140 valence electrons. The molecule has 0 heterocycles. The fourth-order valence-corrected chi connectivity index (χ4v) is 10.9. The Morgan fingerprint density at radius 2 is 1.20 bits per heavy atom. The second kappa shape index (κ2) is 7.24. The van der Waals surface area contributed by atoms with Crippen LogP contribution >= 0.6 is 0 Å². The van der Waals surface area contributed by atoms with E-state index in [1.807, 2.05) is 13.8 Å². The molecule has 0 saturated carbocycles. The molecule has 0 radical (unpaired) electrons. The van der Waals surface area contributed by atoms with E-state index in [9.17, 15) is 21.8 Å². The van der Waals surface area contributed by atoms with Crippen LogP contribution in [0.1, 0.15) is 25.0 Å². The van der Waals surface area contributed by atoms with Gasteiger partial charge in [-0.2, -0.15) is 0 Å². The third-order valence-electron chi connectivity index (χ3n) is 3.83. The van der Waals surface area contributed by atoms with Gasteiger partial charge in [-0.3, -0.25) is 0 Å². The first-order valence-corrected chi connectivity index (χ1v) is 13.0. The number of alkyl halides is 3. The van der Waals surface area contributed by atoms with Crippen LogP contribution in [0.3, 0.4) is 0 Å². The summed E-state index contributed by atoms with van der Waals surface area (Å²) in [6, 6.07) is 10.6. The van der Waals surface area contributed by atoms with Crippen LogP contribution in [-0.2, 0) is 23.0 Å². The summed E-state index contributed by atoms with van der Waals surface area (Å²) in [5.41, 5.74) is 1.59. The van der Waals surface area contributed by atoms with E-state index in [-0.39, 0.29) is 0 Å². The normalized spacial score (nSPS) is 13.7. The van der Waals surface area contributed by atoms with Crippen molar-refractivity contribution in [1.82, 2.24) is 0 Å². The summed E-state index contributed by atoms with van der Waals surface area (Å²) >= 11 is -6.23. The maximum atomic E-state index is 15.9. The van der Waals surface area contributed by atoms with Gasteiger partial charge in [0, 0.05) is 0 Å². The summed E-state index contributed by atoms with van der Waals surface area (Å²) in [7, 11) is -6.17. The summed E-state index contributed by atoms with van der Waals surface area (Å²) < 4.78 is 72.7. The van der Waals surface area contributed by atoms with Crippen molar-refractivity contribution in [2.45, 2.75) is 30.0 Å². The molecular weight excluding hydrogens is 468 g/mol. The molecule has 25 heavy (non-hydrogen) atoms. The Hall–Kier alpha value is -1.13. The Morgan fingerprint density at radius 1 is 0.880 bits per heavy atom. The van der Waals surface area contributed by atoms with Crippen LogP contribution in [0, 0.1) is 7.14 Å². The average Bonchev–Trinajstić information content (AvgIpc) is 2.60. The van der Waals surface area contributed by atoms with Crippen molar-refractivity contribution in [3.05, 3.63) is 66.8 Å². The van der Waals surface area contributed by atoms with Crippen LogP contribution in [0.4, 0.5) is 11.6 Å². The summed E-state index contributed by atoms with van der Waals surface area (Å²) in [5.74, 6) is 0. The monoisotopic (exact) mass is 486 g/mol. The van der Waals surface area contributed by atoms with E-state index < -0.39 is 39.5 Å². The molecule has 2 rings (SSSR count).